The maximum Gasteiger partial charge on any atom is 0.305 e. The monoisotopic (exact) mass is 374 g/mol. The lowest BCUT2D eigenvalue weighted by Gasteiger charge is -2.19. The molecular weight excluding hydrogens is 348 g/mol. The van der Waals surface area contributed by atoms with Crippen molar-refractivity contribution >= 4 is 17.8 Å². The number of hydrogen-bond donors (Lipinski definition) is 3. The Bertz CT molecular complexity index is 459. The number of hydrogen-bond acceptors (Lipinski definition) is 6. The molecule has 0 saturated carbocycles. The lowest BCUT2D eigenvalue weighted by atomic mass is 10.2. The molecule has 26 heavy (non-hydrogen) atoms. The second kappa shape index (κ2) is 16.1. The van der Waals surface area contributed by atoms with Crippen LogP contribution in [0, 0.1) is 0 Å². The average molecular weight is 374 g/mol. The Morgan fingerprint density at radius 3 is 2.04 bits per heavy atom. The van der Waals surface area contributed by atoms with Crippen molar-refractivity contribution in [3.05, 3.63) is 10.4 Å². The summed E-state index contributed by atoms with van der Waals surface area (Å²) in [6.45, 7) is 0.564. The van der Waals surface area contributed by atoms with Gasteiger partial charge in [-0.3, -0.25) is 14.4 Å². The summed E-state index contributed by atoms with van der Waals surface area (Å²) in [7, 11) is 0. The molecule has 0 spiro atoms. The van der Waals surface area contributed by atoms with Crippen molar-refractivity contribution in [2.45, 2.75) is 44.6 Å². The highest BCUT2D eigenvalue weighted by Gasteiger charge is 2.13. The van der Waals surface area contributed by atoms with Gasteiger partial charge in [-0.25, -0.2) is 0 Å². The van der Waals surface area contributed by atoms with Gasteiger partial charge in [-0.2, -0.15) is 0 Å². The molecule has 1 amide bonds. The summed E-state index contributed by atoms with van der Waals surface area (Å²) >= 11 is 0. The van der Waals surface area contributed by atoms with Gasteiger partial charge < -0.3 is 25.0 Å². The zero-order valence-electron chi connectivity index (χ0n) is 14.6. The molecule has 11 heteroatoms. The standard InChI is InChI=1S/C15H26N4O7/c16-19-17-7-3-1-2-4-13(20)18-12(10-25-8-5-14(21)22)11-26-9-6-15(23)24/h12H,1-11H2,(H,18,20)(H,21,22)(H,23,24). The molecule has 3 N–H and O–H groups in total. The van der Waals surface area contributed by atoms with E-state index >= 15 is 0 Å². The minimum atomic E-state index is -0.982. The molecule has 0 aliphatic heterocycles. The molecule has 148 valence electrons. The van der Waals surface area contributed by atoms with Gasteiger partial charge in [0.25, 0.3) is 0 Å². The molecule has 0 saturated heterocycles. The van der Waals surface area contributed by atoms with Crippen LogP contribution in [0.15, 0.2) is 5.11 Å². The fraction of sp³-hybridized carbons (Fsp3) is 0.800. The maximum absolute atomic E-state index is 11.9. The normalized spacial score (nSPS) is 10.3. The highest BCUT2D eigenvalue weighted by Crippen LogP contribution is 2.01. The number of carboxylic acid groups (broad SMARTS) is 2. The number of aliphatic carboxylic acids is 2. The number of nitrogens with zero attached hydrogens (tertiary/aromatic N) is 3. The molecule has 0 radical (unpaired) electrons. The molecule has 0 atom stereocenters. The number of nitrogens with one attached hydrogen (secondary N) is 1. The van der Waals surface area contributed by atoms with Crippen molar-refractivity contribution in [2.75, 3.05) is 33.0 Å². The van der Waals surface area contributed by atoms with E-state index in [2.05, 4.69) is 15.3 Å². The van der Waals surface area contributed by atoms with Gasteiger partial charge in [-0.15, -0.1) is 0 Å². The van der Waals surface area contributed by atoms with Crippen LogP contribution in [0.4, 0.5) is 0 Å². The Morgan fingerprint density at radius 1 is 0.962 bits per heavy atom. The number of carboxylic acids is 2. The molecule has 0 heterocycles. The summed E-state index contributed by atoms with van der Waals surface area (Å²) in [5.74, 6) is -2.17. The van der Waals surface area contributed by atoms with E-state index in [1.807, 2.05) is 0 Å². The second-order valence-corrected chi connectivity index (χ2v) is 5.47. The van der Waals surface area contributed by atoms with Crippen LogP contribution in [0.5, 0.6) is 0 Å². The van der Waals surface area contributed by atoms with Gasteiger partial charge >= 0.3 is 11.9 Å². The van der Waals surface area contributed by atoms with Crippen molar-refractivity contribution in [2.24, 2.45) is 5.11 Å². The first-order chi connectivity index (χ1) is 12.5. The van der Waals surface area contributed by atoms with Crippen LogP contribution >= 0.6 is 0 Å². The molecule has 0 aliphatic rings. The van der Waals surface area contributed by atoms with Crippen LogP contribution in [0.2, 0.25) is 0 Å². The van der Waals surface area contributed by atoms with Crippen molar-refractivity contribution in [1.82, 2.24) is 5.32 Å². The second-order valence-electron chi connectivity index (χ2n) is 5.47. The van der Waals surface area contributed by atoms with Crippen LogP contribution in [-0.4, -0.2) is 67.1 Å². The minimum Gasteiger partial charge on any atom is -0.481 e. The quantitative estimate of drug-likeness (QED) is 0.149. The van der Waals surface area contributed by atoms with Gasteiger partial charge in [0.2, 0.25) is 5.91 Å². The van der Waals surface area contributed by atoms with E-state index in [0.29, 0.717) is 19.4 Å². The smallest absolute Gasteiger partial charge is 0.305 e. The van der Waals surface area contributed by atoms with Crippen molar-refractivity contribution in [3.63, 3.8) is 0 Å². The third-order valence-corrected chi connectivity index (χ3v) is 3.15. The first-order valence-corrected chi connectivity index (χ1v) is 8.35. The van der Waals surface area contributed by atoms with Crippen molar-refractivity contribution in [1.29, 1.82) is 0 Å². The predicted molar refractivity (Wildman–Crippen MR) is 90.6 cm³/mol. The number of carbonyl (C=O) groups excluding carboxylic acids is 1. The van der Waals surface area contributed by atoms with E-state index in [4.69, 9.17) is 25.2 Å². The number of carbonyl (C=O) groups is 3. The van der Waals surface area contributed by atoms with Gasteiger partial charge in [0, 0.05) is 17.9 Å². The molecular formula is C15H26N4O7. The summed E-state index contributed by atoms with van der Waals surface area (Å²) in [5, 5.41) is 23.3. The molecule has 0 aliphatic carbocycles. The number of ether oxygens (including phenoxy) is 2. The van der Waals surface area contributed by atoms with Crippen LogP contribution in [0.25, 0.3) is 10.4 Å². The number of rotatable bonds is 17. The van der Waals surface area contributed by atoms with Crippen LogP contribution in [0.3, 0.4) is 0 Å². The van der Waals surface area contributed by atoms with E-state index in [9.17, 15) is 14.4 Å². The van der Waals surface area contributed by atoms with Crippen LogP contribution in [0.1, 0.15) is 38.5 Å². The highest BCUT2D eigenvalue weighted by molar-refractivity contribution is 5.76. The Balaban J connectivity index is 4.12. The first kappa shape index (κ1) is 23.6. The Kier molecular flexibility index (Phi) is 14.7. The Hall–Kier alpha value is -2.36. The molecule has 0 fully saturated rings. The van der Waals surface area contributed by atoms with Crippen molar-refractivity contribution in [3.8, 4) is 0 Å². The van der Waals surface area contributed by atoms with Gasteiger partial charge in [0.15, 0.2) is 0 Å². The maximum atomic E-state index is 11.9. The number of unbranched alkanes of at least 4 members (excludes halogenated alkanes) is 2. The third-order valence-electron chi connectivity index (χ3n) is 3.15. The molecule has 0 aromatic rings. The predicted octanol–water partition coefficient (Wildman–Crippen LogP) is 1.32. The molecule has 0 rings (SSSR count). The fourth-order valence-electron chi connectivity index (χ4n) is 1.89. The van der Waals surface area contributed by atoms with Crippen LogP contribution < -0.4 is 5.32 Å². The molecule has 11 nitrogen and oxygen atoms in total. The number of azide groups is 1. The van der Waals surface area contributed by atoms with Gasteiger partial charge in [-0.1, -0.05) is 11.5 Å². The molecule has 0 aromatic carbocycles. The summed E-state index contributed by atoms with van der Waals surface area (Å²) < 4.78 is 10.4. The highest BCUT2D eigenvalue weighted by atomic mass is 16.5. The van der Waals surface area contributed by atoms with E-state index in [1.165, 1.54) is 0 Å². The summed E-state index contributed by atoms with van der Waals surface area (Å²) in [5.41, 5.74) is 8.15. The molecule has 0 aromatic heterocycles. The van der Waals surface area contributed by atoms with Gasteiger partial charge in [-0.05, 0) is 18.4 Å². The lowest BCUT2D eigenvalue weighted by molar-refractivity contribution is -0.139. The van der Waals surface area contributed by atoms with E-state index in [-0.39, 0.29) is 51.6 Å². The van der Waals surface area contributed by atoms with E-state index in [0.717, 1.165) is 6.42 Å². The van der Waals surface area contributed by atoms with Crippen LogP contribution in [-0.2, 0) is 23.9 Å². The topological polar surface area (TPSA) is 171 Å². The van der Waals surface area contributed by atoms with Gasteiger partial charge in [0.1, 0.15) is 0 Å². The largest absolute Gasteiger partial charge is 0.481 e. The molecule has 0 bridgehead atoms. The van der Waals surface area contributed by atoms with E-state index in [1.54, 1.807) is 0 Å². The Labute approximate surface area is 151 Å². The lowest BCUT2D eigenvalue weighted by Crippen LogP contribution is -2.41. The average Bonchev–Trinajstić information content (AvgIpc) is 2.57. The summed E-state index contributed by atoms with van der Waals surface area (Å²) in [4.78, 5) is 35.5. The molecule has 0 unspecified atom stereocenters. The van der Waals surface area contributed by atoms with Gasteiger partial charge in [0.05, 0.1) is 45.3 Å². The third kappa shape index (κ3) is 16.5. The zero-order valence-corrected chi connectivity index (χ0v) is 14.6. The first-order valence-electron chi connectivity index (χ1n) is 8.35. The SMILES string of the molecule is [N-]=[N+]=NCCCCCC(=O)NC(COCCC(=O)O)COCCC(=O)O. The summed E-state index contributed by atoms with van der Waals surface area (Å²) in [6, 6.07) is -0.492. The zero-order chi connectivity index (χ0) is 19.6. The van der Waals surface area contributed by atoms with Crippen molar-refractivity contribution < 1.29 is 34.1 Å². The number of amides is 1. The summed E-state index contributed by atoms with van der Waals surface area (Å²) in [6.07, 6.45) is 2.09. The Morgan fingerprint density at radius 2 is 1.54 bits per heavy atom. The van der Waals surface area contributed by atoms with E-state index < -0.39 is 18.0 Å². The fourth-order valence-corrected chi connectivity index (χ4v) is 1.89. The minimum absolute atomic E-state index is 0.0102.